The van der Waals surface area contributed by atoms with Crippen molar-refractivity contribution in [1.82, 2.24) is 10.2 Å². The summed E-state index contributed by atoms with van der Waals surface area (Å²) in [5.41, 5.74) is 0. The lowest BCUT2D eigenvalue weighted by Crippen LogP contribution is -2.52. The molecule has 16 heavy (non-hydrogen) atoms. The Morgan fingerprint density at radius 1 is 1.44 bits per heavy atom. The number of piperidine rings is 1. The van der Waals surface area contributed by atoms with Crippen LogP contribution in [0.25, 0.3) is 0 Å². The zero-order valence-corrected chi connectivity index (χ0v) is 11.3. The molecule has 1 saturated heterocycles. The molecule has 3 unspecified atom stereocenters. The molecule has 1 N–H and O–H groups in total. The molecule has 1 heterocycles. The summed E-state index contributed by atoms with van der Waals surface area (Å²) in [7, 11) is 1.83. The van der Waals surface area contributed by atoms with Gasteiger partial charge in [0.05, 0.1) is 6.10 Å². The van der Waals surface area contributed by atoms with Gasteiger partial charge in [-0.05, 0) is 39.3 Å². The molecule has 0 aromatic carbocycles. The van der Waals surface area contributed by atoms with E-state index in [4.69, 9.17) is 4.74 Å². The number of rotatable bonds is 6. The van der Waals surface area contributed by atoms with Crippen LogP contribution in [0.3, 0.4) is 0 Å². The molecule has 0 aromatic rings. The predicted molar refractivity (Wildman–Crippen MR) is 68.8 cm³/mol. The van der Waals surface area contributed by atoms with Crippen molar-refractivity contribution in [2.24, 2.45) is 0 Å². The van der Waals surface area contributed by atoms with Crippen LogP contribution in [0.4, 0.5) is 0 Å². The molecule has 3 heteroatoms. The largest absolute Gasteiger partial charge is 0.380 e. The number of methoxy groups -OCH3 is 1. The number of likely N-dealkylation sites (tertiary alicyclic amines) is 1. The number of hydrogen-bond donors (Lipinski definition) is 1. The zero-order valence-electron chi connectivity index (χ0n) is 11.3. The van der Waals surface area contributed by atoms with E-state index in [-0.39, 0.29) is 0 Å². The van der Waals surface area contributed by atoms with E-state index in [2.05, 4.69) is 31.0 Å². The van der Waals surface area contributed by atoms with Gasteiger partial charge in [0.25, 0.3) is 0 Å². The average Bonchev–Trinajstić information content (AvgIpc) is 2.35. The molecule has 0 saturated carbocycles. The van der Waals surface area contributed by atoms with Gasteiger partial charge in [-0.1, -0.05) is 13.8 Å². The van der Waals surface area contributed by atoms with Crippen LogP contribution in [0.2, 0.25) is 0 Å². The fourth-order valence-corrected chi connectivity index (χ4v) is 2.70. The normalized spacial score (nSPS) is 26.6. The smallest absolute Gasteiger partial charge is 0.0698 e. The highest BCUT2D eigenvalue weighted by Gasteiger charge is 2.26. The number of likely N-dealkylation sites (N-methyl/N-ethyl adjacent to an activating group) is 1. The molecule has 0 aliphatic carbocycles. The topological polar surface area (TPSA) is 24.5 Å². The summed E-state index contributed by atoms with van der Waals surface area (Å²) in [6.07, 6.45) is 4.13. The first-order chi connectivity index (χ1) is 7.72. The molecule has 96 valence electrons. The van der Waals surface area contributed by atoms with Crippen LogP contribution in [-0.4, -0.2) is 49.8 Å². The quantitative estimate of drug-likeness (QED) is 0.751. The van der Waals surface area contributed by atoms with E-state index < -0.39 is 0 Å². The lowest BCUT2D eigenvalue weighted by molar-refractivity contribution is 0.0107. The lowest BCUT2D eigenvalue weighted by Gasteiger charge is -2.39. The van der Waals surface area contributed by atoms with Crippen molar-refractivity contribution in [3.8, 4) is 0 Å². The Kier molecular flexibility index (Phi) is 6.32. The van der Waals surface area contributed by atoms with Crippen molar-refractivity contribution in [3.63, 3.8) is 0 Å². The van der Waals surface area contributed by atoms with Crippen molar-refractivity contribution in [1.29, 1.82) is 0 Å². The Bertz CT molecular complexity index is 187. The minimum Gasteiger partial charge on any atom is -0.380 e. The molecule has 1 aliphatic heterocycles. The van der Waals surface area contributed by atoms with Gasteiger partial charge in [0.15, 0.2) is 0 Å². The molecule has 0 amide bonds. The molecule has 1 aliphatic rings. The van der Waals surface area contributed by atoms with Crippen LogP contribution >= 0.6 is 0 Å². The lowest BCUT2D eigenvalue weighted by atomic mass is 10.0. The molecule has 1 rings (SSSR count). The van der Waals surface area contributed by atoms with Crippen molar-refractivity contribution < 1.29 is 4.74 Å². The van der Waals surface area contributed by atoms with E-state index in [1.54, 1.807) is 0 Å². The van der Waals surface area contributed by atoms with Gasteiger partial charge >= 0.3 is 0 Å². The summed E-state index contributed by atoms with van der Waals surface area (Å²) in [5, 5.41) is 3.58. The van der Waals surface area contributed by atoms with Crippen molar-refractivity contribution in [2.45, 2.75) is 58.2 Å². The van der Waals surface area contributed by atoms with E-state index in [0.717, 1.165) is 13.1 Å². The molecule has 3 nitrogen and oxygen atoms in total. The molecular formula is C13H28N2O. The Labute approximate surface area is 101 Å². The third-order valence-electron chi connectivity index (χ3n) is 3.81. The minimum absolute atomic E-state index is 0.440. The number of hydrogen-bond acceptors (Lipinski definition) is 3. The van der Waals surface area contributed by atoms with E-state index in [0.29, 0.717) is 18.2 Å². The SMILES string of the molecule is CCNC(CC)C(C)N1CCCC(OC)C1. The van der Waals surface area contributed by atoms with Crippen molar-refractivity contribution in [3.05, 3.63) is 0 Å². The Morgan fingerprint density at radius 2 is 2.19 bits per heavy atom. The van der Waals surface area contributed by atoms with Crippen LogP contribution in [0.5, 0.6) is 0 Å². The van der Waals surface area contributed by atoms with Crippen LogP contribution in [0.1, 0.15) is 40.0 Å². The second-order valence-corrected chi connectivity index (χ2v) is 4.81. The van der Waals surface area contributed by atoms with Gasteiger partial charge in [-0.2, -0.15) is 0 Å². The molecule has 0 aromatic heterocycles. The molecule has 0 spiro atoms. The number of nitrogens with one attached hydrogen (secondary N) is 1. The van der Waals surface area contributed by atoms with E-state index in [9.17, 15) is 0 Å². The second kappa shape index (κ2) is 7.25. The van der Waals surface area contributed by atoms with Gasteiger partial charge in [0, 0.05) is 25.7 Å². The van der Waals surface area contributed by atoms with Gasteiger partial charge in [-0.25, -0.2) is 0 Å². The molecule has 0 bridgehead atoms. The maximum absolute atomic E-state index is 5.48. The van der Waals surface area contributed by atoms with Gasteiger partial charge in [-0.15, -0.1) is 0 Å². The molecular weight excluding hydrogens is 200 g/mol. The Morgan fingerprint density at radius 3 is 2.75 bits per heavy atom. The second-order valence-electron chi connectivity index (χ2n) is 4.81. The van der Waals surface area contributed by atoms with Crippen LogP contribution in [0, 0.1) is 0 Å². The monoisotopic (exact) mass is 228 g/mol. The maximum Gasteiger partial charge on any atom is 0.0698 e. The van der Waals surface area contributed by atoms with Crippen molar-refractivity contribution in [2.75, 3.05) is 26.7 Å². The Balaban J connectivity index is 2.47. The van der Waals surface area contributed by atoms with Crippen LogP contribution < -0.4 is 5.32 Å². The minimum atomic E-state index is 0.440. The Hall–Kier alpha value is -0.120. The first kappa shape index (κ1) is 13.9. The molecule has 3 atom stereocenters. The predicted octanol–water partition coefficient (Wildman–Crippen LogP) is 1.87. The van der Waals surface area contributed by atoms with Crippen LogP contribution in [0.15, 0.2) is 0 Å². The average molecular weight is 228 g/mol. The summed E-state index contributed by atoms with van der Waals surface area (Å²) in [6, 6.07) is 1.23. The third kappa shape index (κ3) is 3.72. The maximum atomic E-state index is 5.48. The van der Waals surface area contributed by atoms with Gasteiger partial charge in [0.1, 0.15) is 0 Å². The van der Waals surface area contributed by atoms with E-state index in [1.807, 2.05) is 7.11 Å². The molecule has 0 radical (unpaired) electrons. The summed E-state index contributed by atoms with van der Waals surface area (Å²) >= 11 is 0. The van der Waals surface area contributed by atoms with Crippen molar-refractivity contribution >= 4 is 0 Å². The fourth-order valence-electron chi connectivity index (χ4n) is 2.70. The first-order valence-electron chi connectivity index (χ1n) is 6.73. The fraction of sp³-hybridized carbons (Fsp3) is 1.00. The first-order valence-corrected chi connectivity index (χ1v) is 6.73. The highest BCUT2D eigenvalue weighted by atomic mass is 16.5. The summed E-state index contributed by atoms with van der Waals surface area (Å²) in [6.45, 7) is 10.2. The van der Waals surface area contributed by atoms with Gasteiger partial charge in [0.2, 0.25) is 0 Å². The zero-order chi connectivity index (χ0) is 12.0. The molecule has 1 fully saturated rings. The number of nitrogens with zero attached hydrogens (tertiary/aromatic N) is 1. The summed E-state index contributed by atoms with van der Waals surface area (Å²) < 4.78 is 5.48. The number of ether oxygens (including phenoxy) is 1. The standard InChI is InChI=1S/C13H28N2O/c1-5-13(14-6-2)11(3)15-9-7-8-12(10-15)16-4/h11-14H,5-10H2,1-4H3. The highest BCUT2D eigenvalue weighted by molar-refractivity contribution is 4.84. The van der Waals surface area contributed by atoms with E-state index in [1.165, 1.54) is 25.8 Å². The van der Waals surface area contributed by atoms with Gasteiger partial charge < -0.3 is 10.1 Å². The van der Waals surface area contributed by atoms with Crippen LogP contribution in [-0.2, 0) is 4.74 Å². The highest BCUT2D eigenvalue weighted by Crippen LogP contribution is 2.17. The summed E-state index contributed by atoms with van der Waals surface area (Å²) in [5.74, 6) is 0. The van der Waals surface area contributed by atoms with Gasteiger partial charge in [-0.3, -0.25) is 4.90 Å². The van der Waals surface area contributed by atoms with E-state index >= 15 is 0 Å². The third-order valence-corrected chi connectivity index (χ3v) is 3.81. The summed E-state index contributed by atoms with van der Waals surface area (Å²) in [4.78, 5) is 2.58.